The zero-order chi connectivity index (χ0) is 13.1. The summed E-state index contributed by atoms with van der Waals surface area (Å²) in [5.74, 6) is 2.48. The molecule has 0 saturated heterocycles. The third-order valence-corrected chi connectivity index (χ3v) is 4.80. The van der Waals surface area contributed by atoms with Gasteiger partial charge in [-0.3, -0.25) is 4.98 Å². The molecule has 1 N–H and O–H groups in total. The van der Waals surface area contributed by atoms with Gasteiger partial charge in [-0.15, -0.1) is 0 Å². The quantitative estimate of drug-likeness (QED) is 0.879. The Labute approximate surface area is 111 Å². The van der Waals surface area contributed by atoms with Crippen LogP contribution in [0.1, 0.15) is 50.4 Å². The van der Waals surface area contributed by atoms with Crippen LogP contribution in [-0.2, 0) is 0 Å². The van der Waals surface area contributed by atoms with Crippen molar-refractivity contribution in [3.8, 4) is 0 Å². The summed E-state index contributed by atoms with van der Waals surface area (Å²) in [4.78, 5) is 4.44. The first-order valence-corrected chi connectivity index (χ1v) is 7.22. The number of nitrogens with zero attached hydrogens (tertiary/aromatic N) is 1. The zero-order valence-corrected chi connectivity index (χ0v) is 12.1. The minimum absolute atomic E-state index is 0.466. The molecule has 1 aromatic heterocycles. The lowest BCUT2D eigenvalue weighted by molar-refractivity contribution is 0.174. The number of hydrogen-bond donors (Lipinski definition) is 1. The minimum atomic E-state index is 0.466. The van der Waals surface area contributed by atoms with Gasteiger partial charge in [0.25, 0.3) is 0 Å². The molecule has 0 radical (unpaired) electrons. The zero-order valence-electron chi connectivity index (χ0n) is 12.1. The van der Waals surface area contributed by atoms with Gasteiger partial charge < -0.3 is 5.32 Å². The van der Waals surface area contributed by atoms with Gasteiger partial charge >= 0.3 is 0 Å². The molecule has 1 aliphatic rings. The van der Waals surface area contributed by atoms with Crippen molar-refractivity contribution < 1.29 is 0 Å². The molecular formula is C16H26N2. The SMILES string of the molecule is CNC(c1cccnc1C)C1CCC(C)C(C)C1. The van der Waals surface area contributed by atoms with E-state index in [0.717, 1.165) is 17.8 Å². The highest BCUT2D eigenvalue weighted by Crippen LogP contribution is 2.40. The molecule has 0 amide bonds. The van der Waals surface area contributed by atoms with Crippen LogP contribution >= 0.6 is 0 Å². The van der Waals surface area contributed by atoms with Gasteiger partial charge in [0.15, 0.2) is 0 Å². The molecule has 0 aliphatic heterocycles. The average Bonchev–Trinajstić information content (AvgIpc) is 2.37. The maximum Gasteiger partial charge on any atom is 0.0420 e. The molecule has 1 heterocycles. The first kappa shape index (κ1) is 13.5. The Morgan fingerprint density at radius 1 is 1.28 bits per heavy atom. The van der Waals surface area contributed by atoms with Gasteiger partial charge in [-0.2, -0.15) is 0 Å². The molecule has 1 aromatic rings. The largest absolute Gasteiger partial charge is 0.313 e. The Hall–Kier alpha value is -0.890. The molecule has 4 unspecified atom stereocenters. The van der Waals surface area contributed by atoms with E-state index in [2.05, 4.69) is 50.3 Å². The van der Waals surface area contributed by atoms with E-state index < -0.39 is 0 Å². The number of aromatic nitrogens is 1. The van der Waals surface area contributed by atoms with E-state index in [1.54, 1.807) is 0 Å². The lowest BCUT2D eigenvalue weighted by Gasteiger charge is -2.37. The maximum atomic E-state index is 4.44. The van der Waals surface area contributed by atoms with Crippen LogP contribution in [0.3, 0.4) is 0 Å². The molecule has 0 spiro atoms. The Bertz CT molecular complexity index is 388. The molecule has 2 nitrogen and oxygen atoms in total. The van der Waals surface area contributed by atoms with E-state index in [-0.39, 0.29) is 0 Å². The van der Waals surface area contributed by atoms with Crippen molar-refractivity contribution in [1.29, 1.82) is 0 Å². The van der Waals surface area contributed by atoms with Crippen molar-refractivity contribution in [3.05, 3.63) is 29.6 Å². The van der Waals surface area contributed by atoms with Gasteiger partial charge in [0.2, 0.25) is 0 Å². The summed E-state index contributed by atoms with van der Waals surface area (Å²) in [6.45, 7) is 6.92. The van der Waals surface area contributed by atoms with Crippen molar-refractivity contribution in [2.24, 2.45) is 17.8 Å². The standard InChI is InChI=1S/C16H26N2/c1-11-7-8-14(10-12(11)2)16(17-4)15-6-5-9-18-13(15)3/h5-6,9,11-12,14,16-17H,7-8,10H2,1-4H3. The summed E-state index contributed by atoms with van der Waals surface area (Å²) in [5.41, 5.74) is 2.55. The fourth-order valence-electron chi connectivity index (χ4n) is 3.36. The molecule has 1 fully saturated rings. The van der Waals surface area contributed by atoms with Crippen LogP contribution in [0, 0.1) is 24.7 Å². The van der Waals surface area contributed by atoms with Crippen molar-refractivity contribution in [1.82, 2.24) is 10.3 Å². The van der Waals surface area contributed by atoms with E-state index in [9.17, 15) is 0 Å². The molecule has 100 valence electrons. The van der Waals surface area contributed by atoms with Crippen LogP contribution in [0.5, 0.6) is 0 Å². The van der Waals surface area contributed by atoms with Crippen molar-refractivity contribution in [2.75, 3.05) is 7.05 Å². The van der Waals surface area contributed by atoms with E-state index in [1.165, 1.54) is 30.5 Å². The molecule has 1 saturated carbocycles. The van der Waals surface area contributed by atoms with Crippen LogP contribution < -0.4 is 5.32 Å². The number of rotatable bonds is 3. The number of hydrogen-bond acceptors (Lipinski definition) is 2. The lowest BCUT2D eigenvalue weighted by Crippen LogP contribution is -2.32. The number of nitrogens with one attached hydrogen (secondary N) is 1. The first-order chi connectivity index (χ1) is 8.63. The van der Waals surface area contributed by atoms with Crippen molar-refractivity contribution >= 4 is 0 Å². The van der Waals surface area contributed by atoms with Gasteiger partial charge in [-0.1, -0.05) is 26.3 Å². The van der Waals surface area contributed by atoms with Gasteiger partial charge in [0, 0.05) is 17.9 Å². The molecule has 1 aliphatic carbocycles. The summed E-state index contributed by atoms with van der Waals surface area (Å²) in [7, 11) is 2.08. The van der Waals surface area contributed by atoms with E-state index in [1.807, 2.05) is 6.20 Å². The van der Waals surface area contributed by atoms with Gasteiger partial charge in [-0.05, 0) is 56.2 Å². The van der Waals surface area contributed by atoms with E-state index in [0.29, 0.717) is 6.04 Å². The highest BCUT2D eigenvalue weighted by Gasteiger charge is 2.30. The Balaban J connectivity index is 2.17. The van der Waals surface area contributed by atoms with Gasteiger partial charge in [0.1, 0.15) is 0 Å². The molecule has 2 rings (SSSR count). The fraction of sp³-hybridized carbons (Fsp3) is 0.688. The Morgan fingerprint density at radius 2 is 2.06 bits per heavy atom. The summed E-state index contributed by atoms with van der Waals surface area (Å²) in [5, 5.41) is 3.52. The molecular weight excluding hydrogens is 220 g/mol. The van der Waals surface area contributed by atoms with Crippen molar-refractivity contribution in [2.45, 2.75) is 46.1 Å². The van der Waals surface area contributed by atoms with Crippen LogP contribution in [0.2, 0.25) is 0 Å². The summed E-state index contributed by atoms with van der Waals surface area (Å²) >= 11 is 0. The molecule has 4 atom stereocenters. The predicted octanol–water partition coefficient (Wildman–Crippen LogP) is 3.72. The minimum Gasteiger partial charge on any atom is -0.313 e. The Kier molecular flexibility index (Phi) is 4.39. The van der Waals surface area contributed by atoms with Gasteiger partial charge in [-0.25, -0.2) is 0 Å². The first-order valence-electron chi connectivity index (χ1n) is 7.22. The molecule has 18 heavy (non-hydrogen) atoms. The molecule has 2 heteroatoms. The molecule has 0 bridgehead atoms. The van der Waals surface area contributed by atoms with Crippen LogP contribution in [0.15, 0.2) is 18.3 Å². The van der Waals surface area contributed by atoms with Gasteiger partial charge in [0.05, 0.1) is 0 Å². The smallest absolute Gasteiger partial charge is 0.0420 e. The molecule has 0 aromatic carbocycles. The second-order valence-corrected chi connectivity index (χ2v) is 5.97. The van der Waals surface area contributed by atoms with E-state index >= 15 is 0 Å². The van der Waals surface area contributed by atoms with Crippen LogP contribution in [-0.4, -0.2) is 12.0 Å². The lowest BCUT2D eigenvalue weighted by atomic mass is 9.72. The van der Waals surface area contributed by atoms with E-state index in [4.69, 9.17) is 0 Å². The topological polar surface area (TPSA) is 24.9 Å². The number of pyridine rings is 1. The highest BCUT2D eigenvalue weighted by atomic mass is 14.9. The van der Waals surface area contributed by atoms with Crippen molar-refractivity contribution in [3.63, 3.8) is 0 Å². The summed E-state index contributed by atoms with van der Waals surface area (Å²) in [6, 6.07) is 4.75. The van der Waals surface area contributed by atoms with Crippen LogP contribution in [0.25, 0.3) is 0 Å². The summed E-state index contributed by atoms with van der Waals surface area (Å²) < 4.78 is 0. The number of aryl methyl sites for hydroxylation is 1. The second kappa shape index (κ2) is 5.83. The third kappa shape index (κ3) is 2.74. The third-order valence-electron chi connectivity index (χ3n) is 4.80. The maximum absolute atomic E-state index is 4.44. The normalized spacial score (nSPS) is 30.1. The second-order valence-electron chi connectivity index (χ2n) is 5.97. The monoisotopic (exact) mass is 246 g/mol. The average molecular weight is 246 g/mol. The van der Waals surface area contributed by atoms with Crippen LogP contribution in [0.4, 0.5) is 0 Å². The Morgan fingerprint density at radius 3 is 2.67 bits per heavy atom. The fourth-order valence-corrected chi connectivity index (χ4v) is 3.36. The highest BCUT2D eigenvalue weighted by molar-refractivity contribution is 5.23. The summed E-state index contributed by atoms with van der Waals surface area (Å²) in [6.07, 6.45) is 5.92. The predicted molar refractivity (Wildman–Crippen MR) is 76.4 cm³/mol.